The van der Waals surface area contributed by atoms with Gasteiger partial charge < -0.3 is 4.57 Å². The van der Waals surface area contributed by atoms with Gasteiger partial charge in [-0.15, -0.1) is 10.2 Å². The van der Waals surface area contributed by atoms with Gasteiger partial charge in [-0.2, -0.15) is 0 Å². The van der Waals surface area contributed by atoms with Crippen LogP contribution in [0, 0.1) is 0 Å². The van der Waals surface area contributed by atoms with Gasteiger partial charge in [-0.25, -0.2) is 18.5 Å². The highest BCUT2D eigenvalue weighted by molar-refractivity contribution is 7.89. The van der Waals surface area contributed by atoms with E-state index in [2.05, 4.69) is 15.2 Å². The molecule has 0 saturated heterocycles. The van der Waals surface area contributed by atoms with Crippen molar-refractivity contribution in [1.82, 2.24) is 24.3 Å². The average Bonchev–Trinajstić information content (AvgIpc) is 2.80. The van der Waals surface area contributed by atoms with Gasteiger partial charge in [0.05, 0.1) is 12.5 Å². The smallest absolute Gasteiger partial charge is 0.273 e. The molecule has 0 aliphatic heterocycles. The third kappa shape index (κ3) is 2.02. The lowest BCUT2D eigenvalue weighted by Crippen LogP contribution is -2.20. The summed E-state index contributed by atoms with van der Waals surface area (Å²) in [5.41, 5.74) is 0.672. The summed E-state index contributed by atoms with van der Waals surface area (Å²) in [6.45, 7) is 3.66. The highest BCUT2D eigenvalue weighted by Crippen LogP contribution is 2.23. The normalized spacial score (nSPS) is 12.3. The average molecular weight is 270 g/mol. The Bertz CT molecular complexity index is 669. The summed E-state index contributed by atoms with van der Waals surface area (Å²) in [5.74, 6) is 0.425. The predicted octanol–water partition coefficient (Wildman–Crippen LogP) is -0.0931. The van der Waals surface area contributed by atoms with Crippen LogP contribution in [-0.4, -0.2) is 32.7 Å². The molecule has 0 aliphatic rings. The predicted molar refractivity (Wildman–Crippen MR) is 64.0 cm³/mol. The molecule has 0 fully saturated rings. The SMILES string of the molecule is CC(C)n1c(-c2cncn2C)nnc1S(N)(=O)=O. The topological polar surface area (TPSA) is 109 Å². The van der Waals surface area contributed by atoms with Gasteiger partial charge in [0.15, 0.2) is 5.82 Å². The van der Waals surface area contributed by atoms with Crippen LogP contribution in [0.15, 0.2) is 17.7 Å². The number of primary sulfonamides is 1. The Morgan fingerprint density at radius 3 is 2.44 bits per heavy atom. The first-order valence-corrected chi connectivity index (χ1v) is 6.81. The molecular formula is C9H14N6O2S. The molecule has 0 aromatic carbocycles. The van der Waals surface area contributed by atoms with Crippen LogP contribution >= 0.6 is 0 Å². The van der Waals surface area contributed by atoms with Crippen LogP contribution in [0.5, 0.6) is 0 Å². The number of rotatable bonds is 3. The van der Waals surface area contributed by atoms with Gasteiger partial charge in [-0.05, 0) is 13.8 Å². The number of aromatic nitrogens is 5. The molecular weight excluding hydrogens is 256 g/mol. The number of aryl methyl sites for hydroxylation is 1. The Balaban J connectivity index is 2.72. The maximum atomic E-state index is 11.5. The molecule has 0 radical (unpaired) electrons. The van der Waals surface area contributed by atoms with Crippen LogP contribution in [0.25, 0.3) is 11.5 Å². The van der Waals surface area contributed by atoms with Crippen LogP contribution in [0.1, 0.15) is 19.9 Å². The monoisotopic (exact) mass is 270 g/mol. The van der Waals surface area contributed by atoms with E-state index in [0.717, 1.165) is 0 Å². The zero-order chi connectivity index (χ0) is 13.5. The van der Waals surface area contributed by atoms with Crippen LogP contribution in [-0.2, 0) is 17.1 Å². The summed E-state index contributed by atoms with van der Waals surface area (Å²) in [6, 6.07) is -0.141. The summed E-state index contributed by atoms with van der Waals surface area (Å²) in [4.78, 5) is 3.97. The molecule has 0 atom stereocenters. The number of hydrogen-bond donors (Lipinski definition) is 1. The summed E-state index contributed by atoms with van der Waals surface area (Å²) in [7, 11) is -2.11. The molecule has 2 aromatic heterocycles. The Labute approximate surface area is 105 Å². The number of hydrogen-bond acceptors (Lipinski definition) is 5. The van der Waals surface area contributed by atoms with E-state index in [1.165, 1.54) is 4.57 Å². The van der Waals surface area contributed by atoms with Crippen LogP contribution in [0.3, 0.4) is 0 Å². The van der Waals surface area contributed by atoms with Crippen molar-refractivity contribution in [2.24, 2.45) is 12.2 Å². The van der Waals surface area contributed by atoms with Crippen molar-refractivity contribution in [3.05, 3.63) is 12.5 Å². The fourth-order valence-electron chi connectivity index (χ4n) is 1.68. The maximum Gasteiger partial charge on any atom is 0.273 e. The first-order chi connectivity index (χ1) is 8.32. The van der Waals surface area contributed by atoms with Gasteiger partial charge in [0.25, 0.3) is 15.2 Å². The Morgan fingerprint density at radius 1 is 1.33 bits per heavy atom. The molecule has 2 heterocycles. The summed E-state index contributed by atoms with van der Waals surface area (Å²) in [6.07, 6.45) is 3.20. The lowest BCUT2D eigenvalue weighted by Gasteiger charge is -2.12. The summed E-state index contributed by atoms with van der Waals surface area (Å²) in [5, 5.41) is 12.4. The standard InChI is InChI=1S/C9H14N6O2S/c1-6(2)15-8(7-4-11-5-14(7)3)12-13-9(15)18(10,16)17/h4-6H,1-3H3,(H2,10,16,17). The van der Waals surface area contributed by atoms with Gasteiger partial charge in [0.1, 0.15) is 5.69 Å². The van der Waals surface area contributed by atoms with Crippen molar-refractivity contribution < 1.29 is 8.42 Å². The minimum atomic E-state index is -3.90. The van der Waals surface area contributed by atoms with Crippen LogP contribution in [0.2, 0.25) is 0 Å². The zero-order valence-corrected chi connectivity index (χ0v) is 11.1. The van der Waals surface area contributed by atoms with Gasteiger partial charge in [-0.3, -0.25) is 4.57 Å². The minimum Gasteiger partial charge on any atom is -0.331 e. The van der Waals surface area contributed by atoms with E-state index in [9.17, 15) is 8.42 Å². The summed E-state index contributed by atoms with van der Waals surface area (Å²) >= 11 is 0. The molecule has 2 aromatic rings. The Morgan fingerprint density at radius 2 is 2.00 bits per heavy atom. The van der Waals surface area contributed by atoms with E-state index < -0.39 is 10.0 Å². The van der Waals surface area contributed by atoms with E-state index in [-0.39, 0.29) is 11.2 Å². The van der Waals surface area contributed by atoms with Gasteiger partial charge in [-0.1, -0.05) is 0 Å². The lowest BCUT2D eigenvalue weighted by atomic mass is 10.3. The second-order valence-electron chi connectivity index (χ2n) is 4.20. The van der Waals surface area contributed by atoms with Crippen molar-refractivity contribution >= 4 is 10.0 Å². The Hall–Kier alpha value is -1.74. The van der Waals surface area contributed by atoms with Gasteiger partial charge in [0, 0.05) is 13.1 Å². The van der Waals surface area contributed by atoms with Crippen molar-refractivity contribution in [3.63, 3.8) is 0 Å². The molecule has 18 heavy (non-hydrogen) atoms. The molecule has 0 unspecified atom stereocenters. The fourth-order valence-corrected chi connectivity index (χ4v) is 2.41. The number of nitrogens with two attached hydrogens (primary N) is 1. The second kappa shape index (κ2) is 4.18. The molecule has 0 spiro atoms. The maximum absolute atomic E-state index is 11.5. The first-order valence-electron chi connectivity index (χ1n) is 5.26. The quantitative estimate of drug-likeness (QED) is 0.838. The van der Waals surface area contributed by atoms with E-state index >= 15 is 0 Å². The van der Waals surface area contributed by atoms with Gasteiger partial charge >= 0.3 is 0 Å². The van der Waals surface area contributed by atoms with Crippen molar-refractivity contribution in [1.29, 1.82) is 0 Å². The Kier molecular flexibility index (Phi) is 2.95. The molecule has 98 valence electrons. The third-order valence-corrected chi connectivity index (χ3v) is 3.27. The molecule has 0 saturated carbocycles. The lowest BCUT2D eigenvalue weighted by molar-refractivity contribution is 0.523. The minimum absolute atomic E-state index is 0.141. The summed E-state index contributed by atoms with van der Waals surface area (Å²) < 4.78 is 26.1. The zero-order valence-electron chi connectivity index (χ0n) is 10.3. The van der Waals surface area contributed by atoms with Crippen molar-refractivity contribution in [2.45, 2.75) is 25.0 Å². The molecule has 0 aliphatic carbocycles. The van der Waals surface area contributed by atoms with E-state index in [1.807, 2.05) is 13.8 Å². The van der Waals surface area contributed by atoms with E-state index in [1.54, 1.807) is 24.1 Å². The largest absolute Gasteiger partial charge is 0.331 e. The molecule has 9 heteroatoms. The molecule has 0 amide bonds. The molecule has 2 rings (SSSR count). The number of imidazole rings is 1. The number of nitrogens with zero attached hydrogens (tertiary/aromatic N) is 5. The molecule has 2 N–H and O–H groups in total. The molecule has 8 nitrogen and oxygen atoms in total. The number of sulfonamides is 1. The first kappa shape index (κ1) is 12.7. The van der Waals surface area contributed by atoms with Crippen molar-refractivity contribution in [3.8, 4) is 11.5 Å². The highest BCUT2D eigenvalue weighted by atomic mass is 32.2. The molecule has 0 bridgehead atoms. The highest BCUT2D eigenvalue weighted by Gasteiger charge is 2.24. The van der Waals surface area contributed by atoms with Crippen molar-refractivity contribution in [2.75, 3.05) is 0 Å². The van der Waals surface area contributed by atoms with Gasteiger partial charge in [0.2, 0.25) is 0 Å². The van der Waals surface area contributed by atoms with E-state index in [0.29, 0.717) is 11.5 Å². The third-order valence-electron chi connectivity index (χ3n) is 2.48. The van der Waals surface area contributed by atoms with E-state index in [4.69, 9.17) is 5.14 Å². The fraction of sp³-hybridized carbons (Fsp3) is 0.444. The van der Waals surface area contributed by atoms with Crippen LogP contribution in [0.4, 0.5) is 0 Å². The second-order valence-corrected chi connectivity index (χ2v) is 5.66. The van der Waals surface area contributed by atoms with Crippen LogP contribution < -0.4 is 5.14 Å².